The quantitative estimate of drug-likeness (QED) is 0.245. The number of pyridine rings is 1. The van der Waals surface area contributed by atoms with Crippen LogP contribution in [-0.4, -0.2) is 46.3 Å². The van der Waals surface area contributed by atoms with Crippen LogP contribution in [0, 0.1) is 10.1 Å². The van der Waals surface area contributed by atoms with Crippen molar-refractivity contribution >= 4 is 29.3 Å². The number of alkyl halides is 2. The van der Waals surface area contributed by atoms with Gasteiger partial charge >= 0.3 is 6.61 Å². The van der Waals surface area contributed by atoms with Crippen LogP contribution >= 0.6 is 0 Å². The Morgan fingerprint density at radius 1 is 1.08 bits per heavy atom. The molecule has 3 aromatic rings. The Hall–Kier alpha value is -4.67. The number of carbonyl (C=O) groups is 2. The molecular formula is C27H24F2N4O5. The van der Waals surface area contributed by atoms with Crippen LogP contribution < -0.4 is 10.1 Å². The molecule has 1 N–H and O–H groups in total. The summed E-state index contributed by atoms with van der Waals surface area (Å²) in [4.78, 5) is 41.2. The number of likely N-dealkylation sites (tertiary alicyclic amines) is 1. The molecule has 0 radical (unpaired) electrons. The third-order valence-corrected chi connectivity index (χ3v) is 6.18. The topological polar surface area (TPSA) is 115 Å². The van der Waals surface area contributed by atoms with Gasteiger partial charge in [0.25, 0.3) is 11.6 Å². The zero-order valence-corrected chi connectivity index (χ0v) is 20.1. The fourth-order valence-corrected chi connectivity index (χ4v) is 4.22. The number of nitro groups is 1. The van der Waals surface area contributed by atoms with E-state index in [4.69, 9.17) is 0 Å². The van der Waals surface area contributed by atoms with E-state index in [0.717, 1.165) is 24.6 Å². The number of para-hydroxylation sites is 1. The van der Waals surface area contributed by atoms with Gasteiger partial charge in [-0.2, -0.15) is 8.78 Å². The lowest BCUT2D eigenvalue weighted by Crippen LogP contribution is -2.36. The Morgan fingerprint density at radius 2 is 1.79 bits per heavy atom. The molecule has 2 amide bonds. The number of hydrogen-bond acceptors (Lipinski definition) is 6. The minimum absolute atomic E-state index is 0.0523. The lowest BCUT2D eigenvalue weighted by Gasteiger charge is -2.31. The predicted octanol–water partition coefficient (Wildman–Crippen LogP) is 5.26. The molecule has 0 aliphatic carbocycles. The number of ether oxygens (including phenoxy) is 1. The van der Waals surface area contributed by atoms with Crippen LogP contribution in [0.1, 0.15) is 40.4 Å². The van der Waals surface area contributed by atoms with Crippen molar-refractivity contribution in [1.82, 2.24) is 9.88 Å². The Balaban J connectivity index is 1.28. The van der Waals surface area contributed by atoms with E-state index < -0.39 is 17.4 Å². The largest absolute Gasteiger partial charge is 0.433 e. The van der Waals surface area contributed by atoms with E-state index >= 15 is 0 Å². The van der Waals surface area contributed by atoms with Crippen molar-refractivity contribution in [2.45, 2.75) is 25.4 Å². The number of rotatable bonds is 8. The molecule has 2 heterocycles. The van der Waals surface area contributed by atoms with Crippen molar-refractivity contribution in [1.29, 1.82) is 0 Å². The summed E-state index contributed by atoms with van der Waals surface area (Å²) < 4.78 is 28.7. The van der Waals surface area contributed by atoms with Crippen LogP contribution in [0.4, 0.5) is 20.2 Å². The highest BCUT2D eigenvalue weighted by Crippen LogP contribution is 2.29. The van der Waals surface area contributed by atoms with E-state index in [0.29, 0.717) is 24.3 Å². The lowest BCUT2D eigenvalue weighted by molar-refractivity contribution is -0.385. The van der Waals surface area contributed by atoms with Gasteiger partial charge < -0.3 is 15.0 Å². The predicted molar refractivity (Wildman–Crippen MR) is 136 cm³/mol. The van der Waals surface area contributed by atoms with Crippen LogP contribution in [0.5, 0.6) is 5.75 Å². The van der Waals surface area contributed by atoms with Crippen molar-refractivity contribution in [3.8, 4) is 5.75 Å². The summed E-state index contributed by atoms with van der Waals surface area (Å²) in [6.45, 7) is -1.86. The fraction of sp³-hybridized carbons (Fsp3) is 0.222. The Morgan fingerprint density at radius 3 is 2.42 bits per heavy atom. The van der Waals surface area contributed by atoms with E-state index in [9.17, 15) is 28.5 Å². The van der Waals surface area contributed by atoms with Gasteiger partial charge in [-0.15, -0.1) is 0 Å². The van der Waals surface area contributed by atoms with Crippen molar-refractivity contribution in [2.24, 2.45) is 0 Å². The average Bonchev–Trinajstić information content (AvgIpc) is 2.92. The number of halogens is 2. The highest BCUT2D eigenvalue weighted by atomic mass is 19.3. The van der Waals surface area contributed by atoms with Crippen molar-refractivity contribution < 1.29 is 28.0 Å². The lowest BCUT2D eigenvalue weighted by atomic mass is 9.89. The molecule has 4 rings (SSSR count). The molecular weight excluding hydrogens is 498 g/mol. The van der Waals surface area contributed by atoms with Crippen molar-refractivity contribution in [3.63, 3.8) is 0 Å². The molecule has 0 saturated carbocycles. The number of nitro benzene ring substituents is 1. The third kappa shape index (κ3) is 6.75. The number of carbonyl (C=O) groups excluding carboxylic acids is 2. The van der Waals surface area contributed by atoms with E-state index in [2.05, 4.69) is 15.0 Å². The first kappa shape index (κ1) is 26.4. The molecule has 0 atom stereocenters. The molecule has 2 aromatic carbocycles. The summed E-state index contributed by atoms with van der Waals surface area (Å²) in [5.41, 5.74) is 2.02. The minimum Gasteiger partial charge on any atom is -0.433 e. The van der Waals surface area contributed by atoms with Gasteiger partial charge in [0, 0.05) is 30.9 Å². The number of benzene rings is 2. The van der Waals surface area contributed by atoms with Crippen LogP contribution in [0.3, 0.4) is 0 Å². The first-order valence-electron chi connectivity index (χ1n) is 11.8. The molecule has 0 unspecified atom stereocenters. The molecule has 38 heavy (non-hydrogen) atoms. The molecule has 1 aromatic heterocycles. The van der Waals surface area contributed by atoms with E-state index in [-0.39, 0.29) is 29.0 Å². The van der Waals surface area contributed by atoms with Gasteiger partial charge in [-0.1, -0.05) is 24.3 Å². The molecule has 9 nitrogen and oxygen atoms in total. The molecule has 0 spiro atoms. The average molecular weight is 523 g/mol. The Bertz CT molecular complexity index is 1320. The van der Waals surface area contributed by atoms with E-state index in [1.807, 2.05) is 12.1 Å². The fourth-order valence-electron chi connectivity index (χ4n) is 4.22. The molecule has 1 aliphatic rings. The summed E-state index contributed by atoms with van der Waals surface area (Å²) in [5, 5.41) is 13.9. The van der Waals surface area contributed by atoms with Gasteiger partial charge in [0.15, 0.2) is 0 Å². The third-order valence-electron chi connectivity index (χ3n) is 6.18. The first-order valence-corrected chi connectivity index (χ1v) is 11.8. The summed E-state index contributed by atoms with van der Waals surface area (Å²) in [5.74, 6) is -0.569. The first-order chi connectivity index (χ1) is 18.3. The smallest absolute Gasteiger partial charge is 0.387 e. The number of nitrogens with zero attached hydrogens (tertiary/aromatic N) is 3. The molecule has 0 bridgehead atoms. The second kappa shape index (κ2) is 12.0. The molecule has 11 heteroatoms. The van der Waals surface area contributed by atoms with E-state index in [1.165, 1.54) is 30.4 Å². The second-order valence-electron chi connectivity index (χ2n) is 8.58. The maximum absolute atomic E-state index is 12.6. The summed E-state index contributed by atoms with van der Waals surface area (Å²) in [6, 6.07) is 16.2. The number of nitrogens with one attached hydrogen (secondary N) is 1. The highest BCUT2D eigenvalue weighted by Gasteiger charge is 2.23. The van der Waals surface area contributed by atoms with Gasteiger partial charge in [0.05, 0.1) is 16.7 Å². The highest BCUT2D eigenvalue weighted by molar-refractivity contribution is 6.02. The van der Waals surface area contributed by atoms with Gasteiger partial charge in [0.1, 0.15) is 11.4 Å². The monoisotopic (exact) mass is 522 g/mol. The molecule has 1 aliphatic heterocycles. The number of anilines is 1. The summed E-state index contributed by atoms with van der Waals surface area (Å²) >= 11 is 0. The SMILES string of the molecule is O=C(Nc1ccc(C2CCN(C(=O)/C=C/c3ccccc3[N+](=O)[O-])CC2)cc1)c1ccc(OC(F)F)cn1. The minimum atomic E-state index is -2.97. The van der Waals surface area contributed by atoms with Crippen LogP contribution in [0.2, 0.25) is 0 Å². The number of amides is 2. The molecule has 1 saturated heterocycles. The van der Waals surface area contributed by atoms with Gasteiger partial charge in [0.2, 0.25) is 5.91 Å². The Labute approximate surface area is 216 Å². The zero-order valence-electron chi connectivity index (χ0n) is 20.1. The summed E-state index contributed by atoms with van der Waals surface area (Å²) in [7, 11) is 0. The summed E-state index contributed by atoms with van der Waals surface area (Å²) in [6.07, 6.45) is 5.42. The maximum Gasteiger partial charge on any atom is 0.387 e. The number of aromatic nitrogens is 1. The zero-order chi connectivity index (χ0) is 27.1. The normalized spacial score (nSPS) is 14.0. The van der Waals surface area contributed by atoms with Crippen LogP contribution in [0.15, 0.2) is 72.9 Å². The van der Waals surface area contributed by atoms with E-state index in [1.54, 1.807) is 35.2 Å². The maximum atomic E-state index is 12.6. The van der Waals surface area contributed by atoms with Crippen LogP contribution in [0.25, 0.3) is 6.08 Å². The standard InChI is InChI=1S/C27H24F2N4O5/c28-27(29)38-22-10-11-23(30-17-22)26(35)31-21-8-5-18(6-9-21)19-13-15-32(16-14-19)25(34)12-7-20-3-1-2-4-24(20)33(36)37/h1-12,17,19,27H,13-16H2,(H,31,35)/b12-7+. The molecule has 196 valence electrons. The van der Waals surface area contributed by atoms with Crippen LogP contribution in [-0.2, 0) is 4.79 Å². The van der Waals surface area contributed by atoms with Crippen molar-refractivity contribution in [2.75, 3.05) is 18.4 Å². The number of piperidine rings is 1. The number of hydrogen-bond donors (Lipinski definition) is 1. The van der Waals surface area contributed by atoms with Gasteiger partial charge in [-0.3, -0.25) is 19.7 Å². The second-order valence-corrected chi connectivity index (χ2v) is 8.58. The van der Waals surface area contributed by atoms with Gasteiger partial charge in [-0.05, 0) is 60.7 Å². The van der Waals surface area contributed by atoms with Crippen molar-refractivity contribution in [3.05, 3.63) is 99.9 Å². The molecule has 1 fully saturated rings. The van der Waals surface area contributed by atoms with Gasteiger partial charge in [-0.25, -0.2) is 4.98 Å². The Kier molecular flexibility index (Phi) is 8.37.